The summed E-state index contributed by atoms with van der Waals surface area (Å²) in [5, 5.41) is 27.3. The van der Waals surface area contributed by atoms with E-state index in [1.54, 1.807) is 31.2 Å². The summed E-state index contributed by atoms with van der Waals surface area (Å²) in [6, 6.07) is 12.4. The van der Waals surface area contributed by atoms with Crippen LogP contribution in [0.25, 0.3) is 11.1 Å². The van der Waals surface area contributed by atoms with Crippen molar-refractivity contribution in [3.63, 3.8) is 0 Å². The molecule has 3 nitrogen and oxygen atoms in total. The molecule has 0 N–H and O–H groups in total. The molecule has 0 saturated heterocycles. The van der Waals surface area contributed by atoms with Gasteiger partial charge in [-0.3, -0.25) is 0 Å². The molecule has 0 heterocycles. The second-order valence-electron chi connectivity index (χ2n) is 2.91. The molecule has 15 heavy (non-hydrogen) atoms. The van der Waals surface area contributed by atoms with Gasteiger partial charge in [0, 0.05) is 10.8 Å². The lowest BCUT2D eigenvalue weighted by molar-refractivity contribution is 1.45. The maximum atomic E-state index is 8.66. The molecule has 1 rings (SSSR count). The second kappa shape index (κ2) is 4.61. The smallest absolute Gasteiger partial charge is 0.136 e. The quantitative estimate of drug-likeness (QED) is 0.605. The minimum absolute atomic E-state index is 0.0798. The number of rotatable bonds is 0. The summed E-state index contributed by atoms with van der Waals surface area (Å²) in [5.41, 5.74) is 0.688. The van der Waals surface area contributed by atoms with Crippen molar-refractivity contribution in [2.75, 3.05) is 0 Å². The zero-order chi connectivity index (χ0) is 11.3. The molecule has 0 spiro atoms. The van der Waals surface area contributed by atoms with Crippen LogP contribution < -0.4 is 10.4 Å². The molecule has 0 bridgehead atoms. The lowest BCUT2D eigenvalue weighted by atomic mass is 10.1. The summed E-state index contributed by atoms with van der Waals surface area (Å²) in [6.07, 6.45) is 0. The van der Waals surface area contributed by atoms with Gasteiger partial charge in [-0.05, 0) is 12.1 Å². The van der Waals surface area contributed by atoms with E-state index < -0.39 is 0 Å². The molecule has 0 aliphatic rings. The van der Waals surface area contributed by atoms with E-state index in [1.807, 2.05) is 18.2 Å². The highest BCUT2D eigenvalue weighted by Gasteiger charge is 1.93. The fourth-order valence-electron chi connectivity index (χ4n) is 1.11. The Bertz CT molecular complexity index is 579. The van der Waals surface area contributed by atoms with Crippen molar-refractivity contribution in [3.8, 4) is 18.2 Å². The van der Waals surface area contributed by atoms with Crippen molar-refractivity contribution in [3.05, 3.63) is 34.7 Å². The summed E-state index contributed by atoms with van der Waals surface area (Å²) >= 11 is 0. The van der Waals surface area contributed by atoms with Gasteiger partial charge in [0.1, 0.15) is 17.7 Å². The first kappa shape index (κ1) is 10.5. The van der Waals surface area contributed by atoms with Crippen LogP contribution in [0.3, 0.4) is 0 Å². The van der Waals surface area contributed by atoms with Gasteiger partial charge in [-0.1, -0.05) is 24.3 Å². The topological polar surface area (TPSA) is 71.4 Å². The molecule has 0 aliphatic carbocycles. The Hall–Kier alpha value is -2.57. The van der Waals surface area contributed by atoms with Gasteiger partial charge in [0.05, 0.1) is 6.07 Å². The first-order valence-corrected chi connectivity index (χ1v) is 4.24. The monoisotopic (exact) mass is 193 g/mol. The third kappa shape index (κ3) is 2.21. The summed E-state index contributed by atoms with van der Waals surface area (Å²) < 4.78 is 0. The molecule has 3 heteroatoms. The molecule has 0 radical (unpaired) electrons. The lowest BCUT2D eigenvalue weighted by Gasteiger charge is -1.89. The molecular formula is C12H7N3. The third-order valence-electron chi connectivity index (χ3n) is 2.00. The SMILES string of the molecule is CC(C#N)=c1ccc(=C(C#N)C#N)cc1. The van der Waals surface area contributed by atoms with Crippen LogP contribution in [0.5, 0.6) is 0 Å². The Morgan fingerprint density at radius 1 is 0.867 bits per heavy atom. The van der Waals surface area contributed by atoms with Crippen LogP contribution in [0.1, 0.15) is 6.92 Å². The Balaban J connectivity index is 3.52. The van der Waals surface area contributed by atoms with Gasteiger partial charge >= 0.3 is 0 Å². The Kier molecular flexibility index (Phi) is 3.23. The van der Waals surface area contributed by atoms with E-state index >= 15 is 0 Å². The van der Waals surface area contributed by atoms with Crippen molar-refractivity contribution in [2.45, 2.75) is 6.92 Å². The van der Waals surface area contributed by atoms with Gasteiger partial charge in [-0.2, -0.15) is 15.8 Å². The van der Waals surface area contributed by atoms with Crippen molar-refractivity contribution in [1.82, 2.24) is 0 Å². The Morgan fingerprint density at radius 3 is 1.73 bits per heavy atom. The third-order valence-corrected chi connectivity index (χ3v) is 2.00. The number of nitrogens with zero attached hydrogens (tertiary/aromatic N) is 3. The molecule has 0 unspecified atom stereocenters. The van der Waals surface area contributed by atoms with Crippen molar-refractivity contribution in [2.24, 2.45) is 0 Å². The van der Waals surface area contributed by atoms with Crippen LogP contribution in [0.4, 0.5) is 0 Å². The molecule has 1 aromatic rings. The molecule has 1 aromatic carbocycles. The van der Waals surface area contributed by atoms with Crippen LogP contribution in [0.2, 0.25) is 0 Å². The van der Waals surface area contributed by atoms with Crippen LogP contribution in [-0.2, 0) is 0 Å². The molecule has 0 atom stereocenters. The summed E-state index contributed by atoms with van der Waals surface area (Å²) in [6.45, 7) is 1.72. The van der Waals surface area contributed by atoms with Crippen LogP contribution in [-0.4, -0.2) is 0 Å². The van der Waals surface area contributed by atoms with E-state index in [9.17, 15) is 0 Å². The number of hydrogen-bond acceptors (Lipinski definition) is 3. The van der Waals surface area contributed by atoms with Crippen molar-refractivity contribution >= 4 is 11.1 Å². The number of benzene rings is 1. The normalized spacial score (nSPS) is 8.13. The predicted octanol–water partition coefficient (Wildman–Crippen LogP) is 0.579. The zero-order valence-corrected chi connectivity index (χ0v) is 8.15. The van der Waals surface area contributed by atoms with Gasteiger partial charge in [-0.25, -0.2) is 0 Å². The molecule has 0 saturated carbocycles. The highest BCUT2D eigenvalue weighted by atomic mass is 14.3. The predicted molar refractivity (Wildman–Crippen MR) is 55.0 cm³/mol. The van der Waals surface area contributed by atoms with E-state index in [0.717, 1.165) is 5.22 Å². The van der Waals surface area contributed by atoms with Crippen LogP contribution in [0, 0.1) is 34.0 Å². The minimum Gasteiger partial charge on any atom is -0.193 e. The Labute approximate surface area is 87.4 Å². The molecule has 70 valence electrons. The fraction of sp³-hybridized carbons (Fsp3) is 0.0833. The summed E-state index contributed by atoms with van der Waals surface area (Å²) in [5.74, 6) is 0. The first-order valence-electron chi connectivity index (χ1n) is 4.24. The average Bonchev–Trinajstić information content (AvgIpc) is 2.30. The zero-order valence-electron chi connectivity index (χ0n) is 8.15. The van der Waals surface area contributed by atoms with Gasteiger partial charge < -0.3 is 0 Å². The largest absolute Gasteiger partial charge is 0.193 e. The van der Waals surface area contributed by atoms with Crippen molar-refractivity contribution in [1.29, 1.82) is 15.8 Å². The van der Waals surface area contributed by atoms with E-state index in [-0.39, 0.29) is 5.57 Å². The van der Waals surface area contributed by atoms with Gasteiger partial charge in [0.15, 0.2) is 0 Å². The fourth-order valence-corrected chi connectivity index (χ4v) is 1.11. The summed E-state index contributed by atoms with van der Waals surface area (Å²) in [4.78, 5) is 0. The molecule has 0 fully saturated rings. The van der Waals surface area contributed by atoms with Gasteiger partial charge in [0.25, 0.3) is 0 Å². The number of hydrogen-bond donors (Lipinski definition) is 0. The maximum absolute atomic E-state index is 8.66. The van der Waals surface area contributed by atoms with E-state index in [0.29, 0.717) is 10.8 Å². The van der Waals surface area contributed by atoms with Gasteiger partial charge in [-0.15, -0.1) is 0 Å². The molecule has 0 aliphatic heterocycles. The maximum Gasteiger partial charge on any atom is 0.136 e. The molecular weight excluding hydrogens is 186 g/mol. The Morgan fingerprint density at radius 2 is 1.33 bits per heavy atom. The average molecular weight is 193 g/mol. The lowest BCUT2D eigenvalue weighted by Crippen LogP contribution is -2.10. The second-order valence-corrected chi connectivity index (χ2v) is 2.91. The molecule has 0 aromatic heterocycles. The summed E-state index contributed by atoms with van der Waals surface area (Å²) in [7, 11) is 0. The van der Waals surface area contributed by atoms with E-state index in [2.05, 4.69) is 0 Å². The minimum atomic E-state index is 0.0798. The standard InChI is InChI=1S/C12H7N3/c1-9(6-13)10-2-4-11(5-3-10)12(7-14)8-15/h2-5H,1H3. The van der Waals surface area contributed by atoms with E-state index in [1.165, 1.54) is 0 Å². The first-order chi connectivity index (χ1) is 7.22. The van der Waals surface area contributed by atoms with Crippen LogP contribution in [0.15, 0.2) is 24.3 Å². The van der Waals surface area contributed by atoms with E-state index in [4.69, 9.17) is 15.8 Å². The number of nitriles is 3. The van der Waals surface area contributed by atoms with Crippen LogP contribution >= 0.6 is 0 Å². The highest BCUT2D eigenvalue weighted by molar-refractivity contribution is 5.72. The van der Waals surface area contributed by atoms with Crippen molar-refractivity contribution < 1.29 is 0 Å². The molecule has 0 amide bonds. The van der Waals surface area contributed by atoms with Gasteiger partial charge in [0.2, 0.25) is 0 Å². The highest BCUT2D eigenvalue weighted by Crippen LogP contribution is 1.88.